The number of hydrogen-bond donors (Lipinski definition) is 0. The van der Waals surface area contributed by atoms with Crippen LogP contribution in [-0.4, -0.2) is 17.3 Å². The average molecular weight is 613 g/mol. The van der Waals surface area contributed by atoms with Gasteiger partial charge in [-0.25, -0.2) is 0 Å². The topological polar surface area (TPSA) is 51.2 Å². The molecule has 3 aliphatic carbocycles. The Morgan fingerprint density at radius 1 is 0.913 bits per heavy atom. The van der Waals surface area contributed by atoms with Gasteiger partial charge in [0.15, 0.2) is 17.3 Å². The minimum absolute atomic E-state index is 0.0638. The molecule has 3 aromatic carbocycles. The molecule has 0 heterocycles. The monoisotopic (exact) mass is 612 g/mol. The van der Waals surface area contributed by atoms with Gasteiger partial charge in [-0.3, -0.25) is 14.4 Å². The fraction of sp³-hybridized carbons (Fsp3) is 0.419. The van der Waals surface area contributed by atoms with E-state index in [1.807, 2.05) is 20.8 Å². The minimum Gasteiger partial charge on any atom is -0.294 e. The summed E-state index contributed by atoms with van der Waals surface area (Å²) in [6.07, 6.45) is 3.65. The van der Waals surface area contributed by atoms with E-state index in [4.69, 9.17) is 0 Å². The maximum Gasteiger partial charge on any atom is 0.190 e. The molecule has 0 saturated carbocycles. The molecular weight excluding hydrogens is 564 g/mol. The smallest absolute Gasteiger partial charge is 0.190 e. The Balaban J connectivity index is 1.46. The van der Waals surface area contributed by atoms with E-state index >= 15 is 0 Å². The number of allylic oxidation sites excluding steroid dienone is 5. The molecule has 3 heteroatoms. The van der Waals surface area contributed by atoms with Gasteiger partial charge < -0.3 is 0 Å². The molecule has 3 unspecified atom stereocenters. The number of benzene rings is 3. The Kier molecular flexibility index (Phi) is 7.58. The lowest BCUT2D eigenvalue weighted by atomic mass is 9.42. The van der Waals surface area contributed by atoms with Crippen molar-refractivity contribution in [3.63, 3.8) is 0 Å². The highest BCUT2D eigenvalue weighted by molar-refractivity contribution is 6.24. The highest BCUT2D eigenvalue weighted by atomic mass is 16.2. The normalized spacial score (nSPS) is 26.0. The van der Waals surface area contributed by atoms with Crippen LogP contribution >= 0.6 is 0 Å². The number of hydrogen-bond acceptors (Lipinski definition) is 3. The van der Waals surface area contributed by atoms with Crippen LogP contribution in [-0.2, 0) is 28.9 Å². The lowest BCUT2D eigenvalue weighted by Gasteiger charge is -2.59. The Bertz CT molecular complexity index is 1940. The van der Waals surface area contributed by atoms with Crippen molar-refractivity contribution in [1.82, 2.24) is 0 Å². The van der Waals surface area contributed by atoms with Gasteiger partial charge in [0, 0.05) is 16.6 Å². The van der Waals surface area contributed by atoms with E-state index in [2.05, 4.69) is 89.7 Å². The van der Waals surface area contributed by atoms with Crippen LogP contribution in [0.1, 0.15) is 112 Å². The van der Waals surface area contributed by atoms with Crippen molar-refractivity contribution in [3.8, 4) is 0 Å². The van der Waals surface area contributed by atoms with E-state index < -0.39 is 10.8 Å². The molecule has 3 atom stereocenters. The van der Waals surface area contributed by atoms with Gasteiger partial charge in [0.25, 0.3) is 0 Å². The molecule has 0 radical (unpaired) electrons. The van der Waals surface area contributed by atoms with Crippen LogP contribution in [0.5, 0.6) is 0 Å². The molecular formula is C43H48O3. The third-order valence-corrected chi connectivity index (χ3v) is 12.1. The first-order valence-electron chi connectivity index (χ1n) is 16.8. The third kappa shape index (κ3) is 4.56. The van der Waals surface area contributed by atoms with Gasteiger partial charge >= 0.3 is 0 Å². The predicted octanol–water partition coefficient (Wildman–Crippen LogP) is 9.97. The standard InChI is InChI=1S/C43H48O3/c1-24(2)34-20-32(19-25(3)18-31-16-13-15-30-14-11-12-17-33(30)31)27(5)37-35(34)22-41(8)23-42(9)21-26(4)36(29(7)44)40(46)43(42,10)28(6)38(41)39(37)45/h11-17,20,24H,3,18-19,21-23H2,1-2,4-10H3. The highest BCUT2D eigenvalue weighted by Gasteiger charge is 2.63. The summed E-state index contributed by atoms with van der Waals surface area (Å²) < 4.78 is 0. The maximum absolute atomic E-state index is 15.0. The van der Waals surface area contributed by atoms with E-state index in [9.17, 15) is 14.4 Å². The zero-order valence-corrected chi connectivity index (χ0v) is 29.2. The van der Waals surface area contributed by atoms with Crippen molar-refractivity contribution < 1.29 is 14.4 Å². The fourth-order valence-electron chi connectivity index (χ4n) is 9.81. The number of carbonyl (C=O) groups is 3. The second-order valence-electron chi connectivity index (χ2n) is 15.6. The fourth-order valence-corrected chi connectivity index (χ4v) is 9.81. The number of rotatable bonds is 6. The third-order valence-electron chi connectivity index (χ3n) is 12.1. The summed E-state index contributed by atoms with van der Waals surface area (Å²) in [5.41, 5.74) is 8.96. The van der Waals surface area contributed by atoms with Gasteiger partial charge in [-0.15, -0.1) is 0 Å². The summed E-state index contributed by atoms with van der Waals surface area (Å²) in [5, 5.41) is 2.48. The van der Waals surface area contributed by atoms with E-state index in [-0.39, 0.29) is 28.7 Å². The van der Waals surface area contributed by atoms with Gasteiger partial charge in [-0.1, -0.05) is 99.5 Å². The SMILES string of the molecule is C=C(Cc1cc(C(C)C)c2c(c1C)C(=O)C1=C(C)C3(C)C(=O)C(C(C)=O)=C(C)CC3(C)CC1(C)C2)Cc1cccc2ccccc12. The lowest BCUT2D eigenvalue weighted by molar-refractivity contribution is -0.134. The summed E-state index contributed by atoms with van der Waals surface area (Å²) in [6, 6.07) is 17.3. The van der Waals surface area contributed by atoms with Crippen molar-refractivity contribution in [2.45, 2.75) is 100 Å². The maximum atomic E-state index is 15.0. The Labute approximate surface area is 274 Å². The molecule has 0 aromatic heterocycles. The van der Waals surface area contributed by atoms with E-state index in [0.717, 1.165) is 58.2 Å². The number of carbonyl (C=O) groups excluding carboxylic acids is 3. The summed E-state index contributed by atoms with van der Waals surface area (Å²) >= 11 is 0. The second-order valence-corrected chi connectivity index (χ2v) is 15.6. The molecule has 238 valence electrons. The van der Waals surface area contributed by atoms with Crippen molar-refractivity contribution in [3.05, 3.63) is 116 Å². The summed E-state index contributed by atoms with van der Waals surface area (Å²) in [6.45, 7) is 22.9. The van der Waals surface area contributed by atoms with Crippen molar-refractivity contribution >= 4 is 28.1 Å². The molecule has 0 saturated heterocycles. The lowest BCUT2D eigenvalue weighted by Crippen LogP contribution is -2.57. The zero-order chi connectivity index (χ0) is 33.5. The number of ketones is 3. The molecule has 6 rings (SSSR count). The first kappa shape index (κ1) is 32.1. The number of fused-ring (bicyclic) bond motifs is 4. The van der Waals surface area contributed by atoms with Gasteiger partial charge in [0.1, 0.15) is 0 Å². The van der Waals surface area contributed by atoms with Crippen LogP contribution in [0.25, 0.3) is 10.8 Å². The Hall–Kier alpha value is -3.85. The van der Waals surface area contributed by atoms with E-state index in [1.165, 1.54) is 34.4 Å². The van der Waals surface area contributed by atoms with Crippen LogP contribution in [0.3, 0.4) is 0 Å². The van der Waals surface area contributed by atoms with Crippen LogP contribution in [0.4, 0.5) is 0 Å². The summed E-state index contributed by atoms with van der Waals surface area (Å²) in [4.78, 5) is 41.9. The Morgan fingerprint density at radius 2 is 1.57 bits per heavy atom. The van der Waals surface area contributed by atoms with Gasteiger partial charge in [-0.05, 0) is 117 Å². The minimum atomic E-state index is -0.908. The van der Waals surface area contributed by atoms with Gasteiger partial charge in [-0.2, -0.15) is 0 Å². The molecule has 0 fully saturated rings. The zero-order valence-electron chi connectivity index (χ0n) is 29.2. The summed E-state index contributed by atoms with van der Waals surface area (Å²) in [7, 11) is 0. The second kappa shape index (κ2) is 10.9. The van der Waals surface area contributed by atoms with Crippen molar-refractivity contribution in [2.24, 2.45) is 16.2 Å². The first-order valence-corrected chi connectivity index (χ1v) is 16.8. The van der Waals surface area contributed by atoms with Crippen LogP contribution in [0, 0.1) is 23.2 Å². The van der Waals surface area contributed by atoms with E-state index in [1.54, 1.807) is 0 Å². The first-order chi connectivity index (χ1) is 21.5. The molecule has 0 bridgehead atoms. The highest BCUT2D eigenvalue weighted by Crippen LogP contribution is 2.66. The van der Waals surface area contributed by atoms with Crippen LogP contribution < -0.4 is 0 Å². The molecule has 0 N–H and O–H groups in total. The van der Waals surface area contributed by atoms with Crippen molar-refractivity contribution in [2.75, 3.05) is 0 Å². The van der Waals surface area contributed by atoms with Gasteiger partial charge in [0.2, 0.25) is 0 Å². The molecule has 0 aliphatic heterocycles. The van der Waals surface area contributed by atoms with E-state index in [0.29, 0.717) is 18.4 Å². The molecule has 0 amide bonds. The van der Waals surface area contributed by atoms with Crippen LogP contribution in [0.15, 0.2) is 83.0 Å². The molecule has 3 aromatic rings. The summed E-state index contributed by atoms with van der Waals surface area (Å²) in [5.74, 6) is 0.0262. The predicted molar refractivity (Wildman–Crippen MR) is 188 cm³/mol. The largest absolute Gasteiger partial charge is 0.294 e. The average Bonchev–Trinajstić information content (AvgIpc) is 2.96. The van der Waals surface area contributed by atoms with Crippen LogP contribution in [0.2, 0.25) is 0 Å². The molecule has 46 heavy (non-hydrogen) atoms. The quantitative estimate of drug-likeness (QED) is 0.206. The molecule has 0 spiro atoms. The number of Topliss-reactive ketones (excluding diaryl/α,β-unsaturated/α-hetero) is 3. The Morgan fingerprint density at radius 3 is 2.24 bits per heavy atom. The molecule has 3 nitrogen and oxygen atoms in total. The van der Waals surface area contributed by atoms with Crippen molar-refractivity contribution in [1.29, 1.82) is 0 Å². The molecule has 3 aliphatic rings. The van der Waals surface area contributed by atoms with Gasteiger partial charge in [0.05, 0.1) is 11.0 Å².